The summed E-state index contributed by atoms with van der Waals surface area (Å²) in [4.78, 5) is 1.44. The molecule has 20 heavy (non-hydrogen) atoms. The summed E-state index contributed by atoms with van der Waals surface area (Å²) in [5, 5.41) is 5.70. The van der Waals surface area contributed by atoms with Crippen molar-refractivity contribution in [3.8, 4) is 5.75 Å². The highest BCUT2D eigenvalue weighted by Crippen LogP contribution is 2.20. The van der Waals surface area contributed by atoms with Crippen molar-refractivity contribution in [2.45, 2.75) is 46.4 Å². The summed E-state index contributed by atoms with van der Waals surface area (Å²) in [6.07, 6.45) is 1.31. The van der Waals surface area contributed by atoms with Crippen molar-refractivity contribution in [1.82, 2.24) is 5.32 Å². The first-order valence-corrected chi connectivity index (χ1v) is 8.09. The van der Waals surface area contributed by atoms with Gasteiger partial charge in [-0.25, -0.2) is 0 Å². The van der Waals surface area contributed by atoms with E-state index < -0.39 is 0 Å². The van der Waals surface area contributed by atoms with Crippen LogP contribution in [-0.4, -0.2) is 6.10 Å². The second-order valence-electron chi connectivity index (χ2n) is 5.10. The van der Waals surface area contributed by atoms with Crippen LogP contribution in [0.1, 0.15) is 36.8 Å². The Morgan fingerprint density at radius 3 is 2.65 bits per heavy atom. The maximum absolute atomic E-state index is 5.84. The van der Waals surface area contributed by atoms with Gasteiger partial charge in [0.1, 0.15) is 5.75 Å². The number of nitrogens with one attached hydrogen (secondary N) is 1. The summed E-state index contributed by atoms with van der Waals surface area (Å²) in [5.74, 6) is 0.983. The first-order chi connectivity index (χ1) is 9.70. The third-order valence-electron chi connectivity index (χ3n) is 3.15. The van der Waals surface area contributed by atoms with E-state index in [-0.39, 0.29) is 6.10 Å². The molecule has 2 rings (SSSR count). The van der Waals surface area contributed by atoms with Crippen LogP contribution in [0.15, 0.2) is 35.7 Å². The van der Waals surface area contributed by atoms with Crippen LogP contribution in [-0.2, 0) is 19.5 Å². The molecule has 0 aliphatic carbocycles. The zero-order valence-corrected chi connectivity index (χ0v) is 13.3. The Hall–Kier alpha value is -1.32. The van der Waals surface area contributed by atoms with E-state index in [0.29, 0.717) is 0 Å². The van der Waals surface area contributed by atoms with E-state index in [9.17, 15) is 0 Å². The van der Waals surface area contributed by atoms with Crippen LogP contribution in [0.4, 0.5) is 0 Å². The van der Waals surface area contributed by atoms with Crippen molar-refractivity contribution in [3.05, 3.63) is 51.7 Å². The number of aryl methyl sites for hydroxylation is 1. The van der Waals surface area contributed by atoms with Crippen LogP contribution < -0.4 is 10.1 Å². The van der Waals surface area contributed by atoms with Crippen LogP contribution >= 0.6 is 11.3 Å². The summed E-state index contributed by atoms with van der Waals surface area (Å²) in [7, 11) is 0. The second kappa shape index (κ2) is 7.46. The van der Waals surface area contributed by atoms with Crippen molar-refractivity contribution in [2.24, 2.45) is 0 Å². The minimum atomic E-state index is 0.208. The largest absolute Gasteiger partial charge is 0.491 e. The van der Waals surface area contributed by atoms with Crippen LogP contribution in [0.3, 0.4) is 0 Å². The molecule has 0 atom stereocenters. The molecule has 0 bridgehead atoms. The Morgan fingerprint density at radius 2 is 1.90 bits per heavy atom. The molecule has 0 aliphatic rings. The fourth-order valence-corrected chi connectivity index (χ4v) is 3.11. The molecule has 0 saturated heterocycles. The van der Waals surface area contributed by atoms with E-state index in [2.05, 4.69) is 49.7 Å². The van der Waals surface area contributed by atoms with Gasteiger partial charge in [-0.3, -0.25) is 0 Å². The molecule has 0 saturated carbocycles. The van der Waals surface area contributed by atoms with Gasteiger partial charge in [0.25, 0.3) is 0 Å². The predicted octanol–water partition coefficient (Wildman–Crippen LogP) is 4.39. The molecule has 1 heterocycles. The lowest BCUT2D eigenvalue weighted by atomic mass is 10.2. The minimum absolute atomic E-state index is 0.208. The first kappa shape index (κ1) is 15.1. The van der Waals surface area contributed by atoms with Crippen molar-refractivity contribution < 1.29 is 4.74 Å². The average molecular weight is 289 g/mol. The van der Waals surface area contributed by atoms with Gasteiger partial charge in [0.15, 0.2) is 0 Å². The van der Waals surface area contributed by atoms with E-state index in [0.717, 1.165) is 25.3 Å². The number of rotatable bonds is 7. The zero-order chi connectivity index (χ0) is 14.4. The molecule has 2 aromatic rings. The standard InChI is InChI=1S/C17H23NOS/c1-4-14-9-10-20-17(14)12-18-11-15-7-5-6-8-16(15)19-13(2)3/h5-10,13,18H,4,11-12H2,1-3H3. The summed E-state index contributed by atoms with van der Waals surface area (Å²) in [6.45, 7) is 8.09. The lowest BCUT2D eigenvalue weighted by Gasteiger charge is -2.14. The number of para-hydroxylation sites is 1. The van der Waals surface area contributed by atoms with E-state index in [1.165, 1.54) is 16.0 Å². The summed E-state index contributed by atoms with van der Waals surface area (Å²) >= 11 is 1.83. The van der Waals surface area contributed by atoms with Gasteiger partial charge in [0, 0.05) is 23.5 Å². The zero-order valence-electron chi connectivity index (χ0n) is 12.5. The highest BCUT2D eigenvalue weighted by molar-refractivity contribution is 7.10. The Morgan fingerprint density at radius 1 is 1.10 bits per heavy atom. The van der Waals surface area contributed by atoms with Gasteiger partial charge in [-0.15, -0.1) is 11.3 Å². The molecule has 0 amide bonds. The van der Waals surface area contributed by atoms with Gasteiger partial charge in [-0.05, 0) is 43.3 Å². The van der Waals surface area contributed by atoms with E-state index in [1.54, 1.807) is 0 Å². The molecule has 0 spiro atoms. The second-order valence-corrected chi connectivity index (χ2v) is 6.10. The maximum Gasteiger partial charge on any atom is 0.124 e. The SMILES string of the molecule is CCc1ccsc1CNCc1ccccc1OC(C)C. The van der Waals surface area contributed by atoms with Crippen LogP contribution in [0.25, 0.3) is 0 Å². The van der Waals surface area contributed by atoms with Crippen LogP contribution in [0.5, 0.6) is 5.75 Å². The molecule has 0 unspecified atom stereocenters. The fourth-order valence-electron chi connectivity index (χ4n) is 2.17. The molecule has 108 valence electrons. The first-order valence-electron chi connectivity index (χ1n) is 7.21. The maximum atomic E-state index is 5.84. The van der Waals surface area contributed by atoms with E-state index in [4.69, 9.17) is 4.74 Å². The molecule has 3 heteroatoms. The molecule has 1 aromatic heterocycles. The number of ether oxygens (including phenoxy) is 1. The minimum Gasteiger partial charge on any atom is -0.491 e. The Bertz CT molecular complexity index is 533. The number of hydrogen-bond acceptors (Lipinski definition) is 3. The van der Waals surface area contributed by atoms with Crippen molar-refractivity contribution in [3.63, 3.8) is 0 Å². The molecule has 0 fully saturated rings. The third-order valence-corrected chi connectivity index (χ3v) is 4.12. The van der Waals surface area contributed by atoms with E-state index in [1.807, 2.05) is 23.5 Å². The Kier molecular flexibility index (Phi) is 5.62. The Balaban J connectivity index is 1.94. The lowest BCUT2D eigenvalue weighted by Crippen LogP contribution is -2.15. The Labute approximate surface area is 125 Å². The average Bonchev–Trinajstić information content (AvgIpc) is 2.87. The summed E-state index contributed by atoms with van der Waals surface area (Å²) in [6, 6.07) is 10.5. The number of thiophene rings is 1. The van der Waals surface area contributed by atoms with Gasteiger partial charge in [0.2, 0.25) is 0 Å². The van der Waals surface area contributed by atoms with Gasteiger partial charge in [0.05, 0.1) is 6.10 Å². The van der Waals surface area contributed by atoms with Gasteiger partial charge in [-0.1, -0.05) is 25.1 Å². The molecular formula is C17H23NOS. The number of benzene rings is 1. The van der Waals surface area contributed by atoms with E-state index >= 15 is 0 Å². The normalized spacial score (nSPS) is 11.0. The molecule has 2 nitrogen and oxygen atoms in total. The number of hydrogen-bond donors (Lipinski definition) is 1. The fraction of sp³-hybridized carbons (Fsp3) is 0.412. The molecule has 1 aromatic carbocycles. The molecular weight excluding hydrogens is 266 g/mol. The molecule has 0 aliphatic heterocycles. The van der Waals surface area contributed by atoms with Crippen molar-refractivity contribution in [2.75, 3.05) is 0 Å². The highest BCUT2D eigenvalue weighted by Gasteiger charge is 2.06. The van der Waals surface area contributed by atoms with Crippen LogP contribution in [0.2, 0.25) is 0 Å². The van der Waals surface area contributed by atoms with Crippen molar-refractivity contribution in [1.29, 1.82) is 0 Å². The summed E-state index contributed by atoms with van der Waals surface area (Å²) < 4.78 is 5.84. The molecule has 0 radical (unpaired) electrons. The quantitative estimate of drug-likeness (QED) is 0.816. The van der Waals surface area contributed by atoms with Crippen LogP contribution in [0, 0.1) is 0 Å². The van der Waals surface area contributed by atoms with Crippen molar-refractivity contribution >= 4 is 11.3 Å². The lowest BCUT2D eigenvalue weighted by molar-refractivity contribution is 0.239. The van der Waals surface area contributed by atoms with Gasteiger partial charge >= 0.3 is 0 Å². The monoisotopic (exact) mass is 289 g/mol. The topological polar surface area (TPSA) is 21.3 Å². The van der Waals surface area contributed by atoms with Gasteiger partial charge in [-0.2, -0.15) is 0 Å². The van der Waals surface area contributed by atoms with Gasteiger partial charge < -0.3 is 10.1 Å². The molecule has 1 N–H and O–H groups in total. The summed E-state index contributed by atoms with van der Waals surface area (Å²) in [5.41, 5.74) is 2.67. The predicted molar refractivity (Wildman–Crippen MR) is 86.4 cm³/mol. The third kappa shape index (κ3) is 4.09. The smallest absolute Gasteiger partial charge is 0.124 e. The highest BCUT2D eigenvalue weighted by atomic mass is 32.1.